The Morgan fingerprint density at radius 2 is 0.820 bits per heavy atom. The molecule has 0 saturated carbocycles. The van der Waals surface area contributed by atoms with Crippen LogP contribution in [0.15, 0.2) is 194 Å². The van der Waals surface area contributed by atoms with Gasteiger partial charge in [-0.3, -0.25) is 0 Å². The molecule has 0 spiro atoms. The minimum absolute atomic E-state index is 0.719. The highest BCUT2D eigenvalue weighted by Gasteiger charge is 2.42. The van der Waals surface area contributed by atoms with E-state index in [0.29, 0.717) is 0 Å². The number of thiophene rings is 1. The number of fused-ring (bicyclic) bond motifs is 3. The highest BCUT2D eigenvalue weighted by atomic mass is 32.1. The Hall–Kier alpha value is -5.94. The number of rotatable bonds is 7. The SMILES string of the molecule is c1ccc(-c2cc(-c3ccccc3)nc(-c3cccc([Si](c4ccccc4)(c4ccccc4)c4ccc5c(c4)sc4ccccc45)c3)n2)cc1. The van der Waals surface area contributed by atoms with Crippen molar-refractivity contribution in [1.82, 2.24) is 9.97 Å². The summed E-state index contributed by atoms with van der Waals surface area (Å²) in [4.78, 5) is 10.4. The molecule has 9 aromatic rings. The number of hydrogen-bond acceptors (Lipinski definition) is 3. The first-order chi connectivity index (χ1) is 24.8. The topological polar surface area (TPSA) is 25.8 Å². The monoisotopic (exact) mass is 672 g/mol. The second-order valence-corrected chi connectivity index (χ2v) is 17.5. The quantitative estimate of drug-likeness (QED) is 0.125. The molecule has 0 radical (unpaired) electrons. The predicted molar refractivity (Wildman–Crippen MR) is 215 cm³/mol. The Bertz CT molecular complexity index is 2490. The van der Waals surface area contributed by atoms with E-state index >= 15 is 0 Å². The fraction of sp³-hybridized carbons (Fsp3) is 0. The van der Waals surface area contributed by atoms with E-state index in [1.807, 2.05) is 23.5 Å². The van der Waals surface area contributed by atoms with E-state index in [4.69, 9.17) is 9.97 Å². The molecule has 0 atom stereocenters. The normalized spacial score (nSPS) is 11.6. The number of benzene rings is 7. The molecule has 0 unspecified atom stereocenters. The fourth-order valence-electron chi connectivity index (χ4n) is 7.32. The molecule has 4 heteroatoms. The van der Waals surface area contributed by atoms with Crippen LogP contribution in [-0.4, -0.2) is 18.0 Å². The minimum Gasteiger partial charge on any atom is -0.228 e. The third-order valence-corrected chi connectivity index (χ3v) is 15.5. The van der Waals surface area contributed by atoms with Gasteiger partial charge in [-0.25, -0.2) is 9.97 Å². The van der Waals surface area contributed by atoms with E-state index in [2.05, 4.69) is 182 Å². The van der Waals surface area contributed by atoms with Crippen LogP contribution in [0.25, 0.3) is 54.1 Å². The average molecular weight is 673 g/mol. The molecule has 0 aliphatic carbocycles. The smallest absolute Gasteiger partial charge is 0.179 e. The van der Waals surface area contributed by atoms with Gasteiger partial charge in [0.05, 0.1) is 11.4 Å². The van der Waals surface area contributed by atoms with Crippen LogP contribution >= 0.6 is 11.3 Å². The Balaban J connectivity index is 1.31. The maximum absolute atomic E-state index is 5.21. The summed E-state index contributed by atoms with van der Waals surface area (Å²) >= 11 is 1.88. The molecule has 0 bridgehead atoms. The van der Waals surface area contributed by atoms with Gasteiger partial charge in [0.15, 0.2) is 13.9 Å². The van der Waals surface area contributed by atoms with Gasteiger partial charge in [-0.15, -0.1) is 11.3 Å². The summed E-state index contributed by atoms with van der Waals surface area (Å²) in [7, 11) is -2.83. The van der Waals surface area contributed by atoms with Crippen molar-refractivity contribution in [3.8, 4) is 33.9 Å². The molecule has 0 amide bonds. The van der Waals surface area contributed by atoms with Crippen LogP contribution in [0.1, 0.15) is 0 Å². The summed E-state index contributed by atoms with van der Waals surface area (Å²) in [5, 5.41) is 7.96. The van der Waals surface area contributed by atoms with Gasteiger partial charge in [-0.2, -0.15) is 0 Å². The Kier molecular flexibility index (Phi) is 7.73. The van der Waals surface area contributed by atoms with Crippen molar-refractivity contribution in [2.45, 2.75) is 0 Å². The van der Waals surface area contributed by atoms with E-state index in [0.717, 1.165) is 33.9 Å². The summed E-state index contributed by atoms with van der Waals surface area (Å²) in [5.41, 5.74) is 4.95. The van der Waals surface area contributed by atoms with E-state index in [9.17, 15) is 0 Å². The molecule has 2 nitrogen and oxygen atoms in total. The van der Waals surface area contributed by atoms with Crippen LogP contribution < -0.4 is 20.7 Å². The van der Waals surface area contributed by atoms with Crippen molar-refractivity contribution in [3.05, 3.63) is 194 Å². The van der Waals surface area contributed by atoms with Crippen LogP contribution in [0.4, 0.5) is 0 Å². The summed E-state index contributed by atoms with van der Waals surface area (Å²) in [6.07, 6.45) is 0. The summed E-state index contributed by atoms with van der Waals surface area (Å²) in [6.45, 7) is 0. The molecule has 2 heterocycles. The lowest BCUT2D eigenvalue weighted by Gasteiger charge is -2.34. The third-order valence-electron chi connectivity index (χ3n) is 9.64. The maximum atomic E-state index is 5.21. The van der Waals surface area contributed by atoms with Crippen molar-refractivity contribution < 1.29 is 0 Å². The van der Waals surface area contributed by atoms with Gasteiger partial charge >= 0.3 is 0 Å². The van der Waals surface area contributed by atoms with Crippen LogP contribution in [0.3, 0.4) is 0 Å². The van der Waals surface area contributed by atoms with Gasteiger partial charge in [-0.05, 0) is 38.9 Å². The third kappa shape index (κ3) is 5.26. The lowest BCUT2D eigenvalue weighted by atomic mass is 10.1. The van der Waals surface area contributed by atoms with Crippen molar-refractivity contribution in [3.63, 3.8) is 0 Å². The lowest BCUT2D eigenvalue weighted by molar-refractivity contribution is 1.18. The van der Waals surface area contributed by atoms with Crippen molar-refractivity contribution in [1.29, 1.82) is 0 Å². The van der Waals surface area contributed by atoms with Crippen LogP contribution in [0.2, 0.25) is 0 Å². The lowest BCUT2D eigenvalue weighted by Crippen LogP contribution is -2.74. The first-order valence-corrected chi connectivity index (χ1v) is 19.7. The van der Waals surface area contributed by atoms with Crippen molar-refractivity contribution in [2.24, 2.45) is 0 Å². The molecule has 236 valence electrons. The highest BCUT2D eigenvalue weighted by molar-refractivity contribution is 7.26. The molecule has 9 rings (SSSR count). The van der Waals surface area contributed by atoms with Crippen LogP contribution in [0, 0.1) is 0 Å². The van der Waals surface area contributed by atoms with E-state index in [1.54, 1.807) is 0 Å². The van der Waals surface area contributed by atoms with Gasteiger partial charge < -0.3 is 0 Å². The summed E-state index contributed by atoms with van der Waals surface area (Å²) < 4.78 is 2.63. The Morgan fingerprint density at radius 3 is 1.44 bits per heavy atom. The number of nitrogens with zero attached hydrogens (tertiary/aromatic N) is 2. The summed E-state index contributed by atoms with van der Waals surface area (Å²) in [5.74, 6) is 0.719. The van der Waals surface area contributed by atoms with Gasteiger partial charge in [0, 0.05) is 36.9 Å². The van der Waals surface area contributed by atoms with Gasteiger partial charge in [0.2, 0.25) is 0 Å². The van der Waals surface area contributed by atoms with Gasteiger partial charge in [0.25, 0.3) is 0 Å². The van der Waals surface area contributed by atoms with E-state index in [-0.39, 0.29) is 0 Å². The molecule has 0 N–H and O–H groups in total. The second-order valence-electron chi connectivity index (χ2n) is 12.6. The number of aromatic nitrogens is 2. The zero-order chi connectivity index (χ0) is 33.3. The number of hydrogen-bond donors (Lipinski definition) is 0. The first-order valence-electron chi connectivity index (χ1n) is 16.9. The predicted octanol–water partition coefficient (Wildman–Crippen LogP) is 9.22. The zero-order valence-corrected chi connectivity index (χ0v) is 29.1. The second kappa shape index (κ2) is 12.8. The largest absolute Gasteiger partial charge is 0.228 e. The van der Waals surface area contributed by atoms with E-state index < -0.39 is 8.07 Å². The Labute approximate surface area is 297 Å². The first kappa shape index (κ1) is 30.1. The van der Waals surface area contributed by atoms with Crippen molar-refractivity contribution >= 4 is 60.3 Å². The molecular weight excluding hydrogens is 641 g/mol. The van der Waals surface area contributed by atoms with Gasteiger partial charge in [0.1, 0.15) is 0 Å². The zero-order valence-electron chi connectivity index (χ0n) is 27.3. The van der Waals surface area contributed by atoms with Crippen molar-refractivity contribution in [2.75, 3.05) is 0 Å². The maximum Gasteiger partial charge on any atom is 0.179 e. The molecule has 7 aromatic carbocycles. The molecule has 0 fully saturated rings. The average Bonchev–Trinajstić information content (AvgIpc) is 3.58. The molecular formula is C46H32N2SSi. The molecule has 0 aliphatic heterocycles. The minimum atomic E-state index is -2.83. The molecule has 0 aliphatic rings. The van der Waals surface area contributed by atoms with Crippen LogP contribution in [0.5, 0.6) is 0 Å². The standard InChI is InChI=1S/C46H32N2SSi/c1-5-16-33(17-6-1)42-32-43(34-18-7-2-8-19-34)48-46(47-42)35-20-15-25-38(30-35)50(36-21-9-3-10-22-36,37-23-11-4-12-24-37)39-28-29-41-40-26-13-14-27-44(40)49-45(41)31-39/h1-32H. The van der Waals surface area contributed by atoms with E-state index in [1.165, 1.54) is 40.9 Å². The molecule has 50 heavy (non-hydrogen) atoms. The van der Waals surface area contributed by atoms with Crippen LogP contribution in [-0.2, 0) is 0 Å². The highest BCUT2D eigenvalue weighted by Crippen LogP contribution is 2.33. The molecule has 0 saturated heterocycles. The summed E-state index contributed by atoms with van der Waals surface area (Å²) in [6, 6.07) is 70.1. The molecule has 2 aromatic heterocycles. The fourth-order valence-corrected chi connectivity index (χ4v) is 13.4. The van der Waals surface area contributed by atoms with Gasteiger partial charge in [-0.1, -0.05) is 176 Å². The Morgan fingerprint density at radius 1 is 0.340 bits per heavy atom.